The maximum atomic E-state index is 13.5. The summed E-state index contributed by atoms with van der Waals surface area (Å²) in [6, 6.07) is 10.9. The summed E-state index contributed by atoms with van der Waals surface area (Å²) in [4.78, 5) is 17.3. The van der Waals surface area contributed by atoms with Crippen LogP contribution >= 0.6 is 11.3 Å². The molecule has 28 heavy (non-hydrogen) atoms. The fourth-order valence-electron chi connectivity index (χ4n) is 3.43. The number of carbonyl (C=O) groups is 1. The van der Waals surface area contributed by atoms with Crippen molar-refractivity contribution in [1.29, 1.82) is 0 Å². The number of hydrogen-bond donors (Lipinski definition) is 1. The van der Waals surface area contributed by atoms with Crippen molar-refractivity contribution in [3.8, 4) is 5.13 Å². The van der Waals surface area contributed by atoms with E-state index < -0.39 is 17.5 Å². The fourth-order valence-corrected chi connectivity index (χ4v) is 4.35. The van der Waals surface area contributed by atoms with Crippen molar-refractivity contribution in [2.75, 3.05) is 5.32 Å². The van der Waals surface area contributed by atoms with Gasteiger partial charge in [0.05, 0.1) is 15.9 Å². The average molecular weight is 396 g/mol. The third kappa shape index (κ3) is 2.77. The Labute approximate surface area is 162 Å². The largest absolute Gasteiger partial charge is 0.306 e. The quantitative estimate of drug-likeness (QED) is 0.555. The van der Waals surface area contributed by atoms with Gasteiger partial charge in [-0.15, -0.1) is 0 Å². The van der Waals surface area contributed by atoms with Crippen LogP contribution in [-0.4, -0.2) is 20.7 Å². The van der Waals surface area contributed by atoms with Crippen LogP contribution in [0.15, 0.2) is 42.5 Å². The second-order valence-electron chi connectivity index (χ2n) is 6.59. The van der Waals surface area contributed by atoms with Crippen molar-refractivity contribution >= 4 is 33.3 Å². The number of halogens is 2. The molecule has 5 rings (SSSR count). The van der Waals surface area contributed by atoms with Crippen molar-refractivity contribution in [3.63, 3.8) is 0 Å². The van der Waals surface area contributed by atoms with Crippen molar-refractivity contribution in [1.82, 2.24) is 14.8 Å². The summed E-state index contributed by atoms with van der Waals surface area (Å²) in [5.41, 5.74) is 2.80. The molecule has 0 radical (unpaired) electrons. The molecule has 0 saturated heterocycles. The number of nitrogens with zero attached hydrogens (tertiary/aromatic N) is 3. The van der Waals surface area contributed by atoms with Crippen LogP contribution in [0.1, 0.15) is 28.0 Å². The smallest absolute Gasteiger partial charge is 0.256 e. The zero-order chi connectivity index (χ0) is 19.3. The van der Waals surface area contributed by atoms with Crippen LogP contribution in [0.25, 0.3) is 15.3 Å². The number of rotatable bonds is 3. The third-order valence-corrected chi connectivity index (χ3v) is 5.80. The second kappa shape index (κ2) is 6.49. The molecule has 1 amide bonds. The molecule has 140 valence electrons. The van der Waals surface area contributed by atoms with E-state index in [1.54, 1.807) is 4.68 Å². The van der Waals surface area contributed by atoms with Gasteiger partial charge in [-0.2, -0.15) is 9.78 Å². The lowest BCUT2D eigenvalue weighted by atomic mass is 10.2. The van der Waals surface area contributed by atoms with E-state index >= 15 is 0 Å². The summed E-state index contributed by atoms with van der Waals surface area (Å²) in [7, 11) is 0. The Kier molecular flexibility index (Phi) is 3.94. The molecule has 0 bridgehead atoms. The van der Waals surface area contributed by atoms with Crippen LogP contribution < -0.4 is 5.32 Å². The van der Waals surface area contributed by atoms with E-state index in [4.69, 9.17) is 0 Å². The number of anilines is 1. The molecule has 1 N–H and O–H groups in total. The molecular formula is C20H14F2N4OS. The molecule has 0 unspecified atom stereocenters. The SMILES string of the molecule is O=C(Nc1c2c(nn1-c1nc3ccccc3s1)CCC2)c1ccc(F)c(F)c1. The first-order valence-corrected chi connectivity index (χ1v) is 9.65. The van der Waals surface area contributed by atoms with Crippen molar-refractivity contribution < 1.29 is 13.6 Å². The highest BCUT2D eigenvalue weighted by molar-refractivity contribution is 7.20. The molecule has 1 aliphatic rings. The van der Waals surface area contributed by atoms with E-state index in [0.717, 1.165) is 52.9 Å². The summed E-state index contributed by atoms with van der Waals surface area (Å²) in [6.45, 7) is 0. The molecule has 2 heterocycles. The van der Waals surface area contributed by atoms with Crippen molar-refractivity contribution in [2.45, 2.75) is 19.3 Å². The van der Waals surface area contributed by atoms with E-state index in [2.05, 4.69) is 15.4 Å². The van der Waals surface area contributed by atoms with Gasteiger partial charge in [-0.25, -0.2) is 13.8 Å². The summed E-state index contributed by atoms with van der Waals surface area (Å²) in [6.07, 6.45) is 2.60. The predicted molar refractivity (Wildman–Crippen MR) is 103 cm³/mol. The zero-order valence-electron chi connectivity index (χ0n) is 14.6. The van der Waals surface area contributed by atoms with Gasteiger partial charge in [-0.05, 0) is 49.6 Å². The van der Waals surface area contributed by atoms with E-state index in [0.29, 0.717) is 10.9 Å². The lowest BCUT2D eigenvalue weighted by molar-refractivity contribution is 0.102. The fraction of sp³-hybridized carbons (Fsp3) is 0.150. The van der Waals surface area contributed by atoms with Crippen LogP contribution in [0.4, 0.5) is 14.6 Å². The van der Waals surface area contributed by atoms with Gasteiger partial charge in [0.25, 0.3) is 5.91 Å². The van der Waals surface area contributed by atoms with Crippen LogP contribution in [0.2, 0.25) is 0 Å². The minimum absolute atomic E-state index is 0.0442. The number of thiazole rings is 1. The Hall–Kier alpha value is -3.13. The van der Waals surface area contributed by atoms with Gasteiger partial charge in [0.15, 0.2) is 11.6 Å². The maximum Gasteiger partial charge on any atom is 0.256 e. The maximum absolute atomic E-state index is 13.5. The standard InChI is InChI=1S/C20H14F2N4OS/c21-13-9-8-11(10-14(13)22)19(27)24-18-12-4-3-6-15(12)25-26(18)20-23-16-5-1-2-7-17(16)28-20/h1-2,5,7-10H,3-4,6H2,(H,24,27). The van der Waals surface area contributed by atoms with Gasteiger partial charge in [0, 0.05) is 11.1 Å². The monoisotopic (exact) mass is 396 g/mol. The van der Waals surface area contributed by atoms with Crippen LogP contribution in [-0.2, 0) is 12.8 Å². The predicted octanol–water partition coefficient (Wildman–Crippen LogP) is 4.50. The van der Waals surface area contributed by atoms with Crippen molar-refractivity contribution in [3.05, 3.63) is 70.9 Å². The number of fused-ring (bicyclic) bond motifs is 2. The number of carbonyl (C=O) groups excluding carboxylic acids is 1. The first-order valence-electron chi connectivity index (χ1n) is 8.83. The molecule has 0 atom stereocenters. The van der Waals surface area contributed by atoms with Gasteiger partial charge < -0.3 is 5.32 Å². The molecule has 2 aromatic heterocycles. The summed E-state index contributed by atoms with van der Waals surface area (Å²) in [5, 5.41) is 8.14. The summed E-state index contributed by atoms with van der Waals surface area (Å²) < 4.78 is 29.4. The van der Waals surface area contributed by atoms with Crippen LogP contribution in [0.5, 0.6) is 0 Å². The Balaban J connectivity index is 1.57. The minimum atomic E-state index is -1.06. The third-order valence-electron chi connectivity index (χ3n) is 4.78. The molecular weight excluding hydrogens is 382 g/mol. The van der Waals surface area contributed by atoms with Crippen LogP contribution in [0, 0.1) is 11.6 Å². The van der Waals surface area contributed by atoms with Gasteiger partial charge >= 0.3 is 0 Å². The highest BCUT2D eigenvalue weighted by Crippen LogP contribution is 2.34. The highest BCUT2D eigenvalue weighted by atomic mass is 32.1. The van der Waals surface area contributed by atoms with E-state index in [1.807, 2.05) is 24.3 Å². The number of para-hydroxylation sites is 1. The number of aryl methyl sites for hydroxylation is 1. The first-order chi connectivity index (χ1) is 13.6. The highest BCUT2D eigenvalue weighted by Gasteiger charge is 2.26. The van der Waals surface area contributed by atoms with E-state index in [9.17, 15) is 13.6 Å². The molecule has 0 saturated carbocycles. The summed E-state index contributed by atoms with van der Waals surface area (Å²) in [5.74, 6) is -2.02. The molecule has 0 fully saturated rings. The Bertz CT molecular complexity index is 1200. The topological polar surface area (TPSA) is 59.8 Å². The van der Waals surface area contributed by atoms with Gasteiger partial charge in [0.1, 0.15) is 5.82 Å². The van der Waals surface area contributed by atoms with Crippen molar-refractivity contribution in [2.24, 2.45) is 0 Å². The lowest BCUT2D eigenvalue weighted by Gasteiger charge is -2.09. The Morgan fingerprint density at radius 3 is 2.79 bits per heavy atom. The normalized spacial score (nSPS) is 13.1. The number of nitrogens with one attached hydrogen (secondary N) is 1. The Morgan fingerprint density at radius 1 is 1.11 bits per heavy atom. The Morgan fingerprint density at radius 2 is 1.96 bits per heavy atom. The molecule has 0 spiro atoms. The number of aromatic nitrogens is 3. The second-order valence-corrected chi connectivity index (χ2v) is 7.60. The number of benzene rings is 2. The van der Waals surface area contributed by atoms with E-state index in [1.165, 1.54) is 17.4 Å². The molecule has 1 aliphatic carbocycles. The first kappa shape index (κ1) is 17.0. The lowest BCUT2D eigenvalue weighted by Crippen LogP contribution is -2.16. The molecule has 2 aromatic carbocycles. The van der Waals surface area contributed by atoms with Gasteiger partial charge in [-0.3, -0.25) is 4.79 Å². The summed E-state index contributed by atoms with van der Waals surface area (Å²) >= 11 is 1.48. The zero-order valence-corrected chi connectivity index (χ0v) is 15.4. The van der Waals surface area contributed by atoms with Gasteiger partial charge in [0.2, 0.25) is 5.13 Å². The van der Waals surface area contributed by atoms with Gasteiger partial charge in [-0.1, -0.05) is 23.5 Å². The molecule has 8 heteroatoms. The minimum Gasteiger partial charge on any atom is -0.306 e. The number of hydrogen-bond acceptors (Lipinski definition) is 4. The van der Waals surface area contributed by atoms with Crippen LogP contribution in [0.3, 0.4) is 0 Å². The molecule has 0 aliphatic heterocycles. The average Bonchev–Trinajstić information content (AvgIpc) is 3.38. The van der Waals surface area contributed by atoms with E-state index in [-0.39, 0.29) is 5.56 Å². The number of amides is 1. The molecule has 4 aromatic rings. The molecule has 5 nitrogen and oxygen atoms in total.